The van der Waals surface area contributed by atoms with Gasteiger partial charge in [0.2, 0.25) is 6.71 Å². The van der Waals surface area contributed by atoms with Crippen LogP contribution in [0.25, 0.3) is 0 Å². The van der Waals surface area contributed by atoms with E-state index in [9.17, 15) is 0 Å². The van der Waals surface area contributed by atoms with Crippen LogP contribution in [0, 0.1) is 5.82 Å². The highest BCUT2D eigenvalue weighted by atomic mass is 32.2. The lowest BCUT2D eigenvalue weighted by atomic mass is 9.31. The average Bonchev–Trinajstić information content (AvgIpc) is 3.53. The zero-order valence-electron chi connectivity index (χ0n) is 43.9. The summed E-state index contributed by atoms with van der Waals surface area (Å²) in [5.41, 5.74) is 22.3. The molecule has 0 aliphatic carbocycles. The molecule has 0 unspecified atom stereocenters. The van der Waals surface area contributed by atoms with Gasteiger partial charge in [0.05, 0.1) is 11.4 Å². The van der Waals surface area contributed by atoms with Gasteiger partial charge in [0.1, 0.15) is 5.82 Å². The minimum atomic E-state index is -0.297. The van der Waals surface area contributed by atoms with Gasteiger partial charge in [0, 0.05) is 83.7 Å². The maximum atomic E-state index is 17.4. The van der Waals surface area contributed by atoms with E-state index in [4.69, 9.17) is 0 Å². The summed E-state index contributed by atoms with van der Waals surface area (Å²) in [7, 11) is 0. The molecule has 380 valence electrons. The first-order valence-corrected chi connectivity index (χ1v) is 28.4. The molecule has 0 radical (unpaired) electrons. The van der Waals surface area contributed by atoms with Gasteiger partial charge in [-0.25, -0.2) is 4.39 Å². The molecular formula is C72H48B2FN5S. The van der Waals surface area contributed by atoms with E-state index < -0.39 is 0 Å². The summed E-state index contributed by atoms with van der Waals surface area (Å²) >= 11 is 1.82. The first-order valence-electron chi connectivity index (χ1n) is 27.6. The van der Waals surface area contributed by atoms with Gasteiger partial charge in [-0.1, -0.05) is 181 Å². The summed E-state index contributed by atoms with van der Waals surface area (Å²) < 4.78 is 17.4. The molecule has 0 aromatic heterocycles. The SMILES string of the molecule is Fc1ccccc1N1c2cc3c(cc2B2c4ccccc4N(c4ccccc4)c4cc(N(c5ccccc5)c5ccccc5)cc1c42)B1c2ccccc2N(c2ccccc2)c2cc(N(c4ccccc4)c4ccccc4)cc(c21)S3. The molecule has 0 atom stereocenters. The van der Waals surface area contributed by atoms with E-state index in [0.29, 0.717) is 5.69 Å². The van der Waals surface area contributed by atoms with Gasteiger partial charge in [0.15, 0.2) is 0 Å². The minimum absolute atomic E-state index is 0.126. The zero-order valence-corrected chi connectivity index (χ0v) is 44.7. The van der Waals surface area contributed by atoms with E-state index in [-0.39, 0.29) is 19.2 Å². The zero-order chi connectivity index (χ0) is 53.5. The number of halogens is 1. The summed E-state index contributed by atoms with van der Waals surface area (Å²) in [4.78, 5) is 14.1. The van der Waals surface area contributed by atoms with E-state index in [2.05, 4.69) is 291 Å². The normalized spacial score (nSPS) is 13.1. The lowest BCUT2D eigenvalue weighted by molar-refractivity contribution is 0.629. The molecule has 0 saturated carbocycles. The molecule has 81 heavy (non-hydrogen) atoms. The summed E-state index contributed by atoms with van der Waals surface area (Å²) in [6.07, 6.45) is 0. The second kappa shape index (κ2) is 19.2. The van der Waals surface area contributed by atoms with E-state index in [1.807, 2.05) is 23.9 Å². The van der Waals surface area contributed by atoms with Crippen molar-refractivity contribution < 1.29 is 4.39 Å². The topological polar surface area (TPSA) is 16.2 Å². The van der Waals surface area contributed by atoms with Crippen molar-refractivity contribution in [2.24, 2.45) is 0 Å². The first-order chi connectivity index (χ1) is 40.1. The monoisotopic (exact) mass is 1060 g/mol. The molecule has 0 bridgehead atoms. The fourth-order valence-electron chi connectivity index (χ4n) is 13.2. The van der Waals surface area contributed by atoms with Gasteiger partial charge in [-0.15, -0.1) is 0 Å². The van der Waals surface area contributed by atoms with Crippen LogP contribution in [0.2, 0.25) is 0 Å². The third kappa shape index (κ3) is 7.57. The number of hydrogen-bond acceptors (Lipinski definition) is 6. The Bertz CT molecular complexity index is 4310. The molecule has 0 amide bonds. The van der Waals surface area contributed by atoms with Gasteiger partial charge < -0.3 is 24.5 Å². The number of rotatable bonds is 9. The molecule has 5 nitrogen and oxygen atoms in total. The van der Waals surface area contributed by atoms with Crippen molar-refractivity contribution in [3.63, 3.8) is 0 Å². The van der Waals surface area contributed by atoms with Crippen molar-refractivity contribution in [2.45, 2.75) is 9.79 Å². The molecule has 12 aromatic rings. The predicted octanol–water partition coefficient (Wildman–Crippen LogP) is 15.6. The van der Waals surface area contributed by atoms with E-state index in [1.165, 1.54) is 26.7 Å². The van der Waals surface area contributed by atoms with Gasteiger partial charge in [0.25, 0.3) is 6.71 Å². The largest absolute Gasteiger partial charge is 0.311 e. The summed E-state index contributed by atoms with van der Waals surface area (Å²) in [5.74, 6) is -0.297. The van der Waals surface area contributed by atoms with Crippen LogP contribution in [0.3, 0.4) is 0 Å². The highest BCUT2D eigenvalue weighted by Crippen LogP contribution is 2.51. The van der Waals surface area contributed by atoms with Crippen molar-refractivity contribution in [2.75, 3.05) is 24.5 Å². The van der Waals surface area contributed by atoms with E-state index >= 15 is 4.39 Å². The van der Waals surface area contributed by atoms with E-state index in [1.54, 1.807) is 12.1 Å². The van der Waals surface area contributed by atoms with Crippen molar-refractivity contribution in [1.82, 2.24) is 0 Å². The fourth-order valence-corrected chi connectivity index (χ4v) is 14.4. The lowest BCUT2D eigenvalue weighted by Gasteiger charge is -2.46. The molecule has 4 aliphatic heterocycles. The van der Waals surface area contributed by atoms with Crippen LogP contribution >= 0.6 is 11.8 Å². The Morgan fingerprint density at radius 2 is 0.654 bits per heavy atom. The maximum absolute atomic E-state index is 17.4. The van der Waals surface area contributed by atoms with Gasteiger partial charge in [-0.3, -0.25) is 0 Å². The highest BCUT2D eigenvalue weighted by Gasteiger charge is 2.48. The van der Waals surface area contributed by atoms with Crippen LogP contribution in [-0.4, -0.2) is 13.4 Å². The molecule has 12 aromatic carbocycles. The standard InChI is InChI=1S/C72H48B2FN5S/c75-61-39-21-24-42-64(61)80-65-48-69-60(74-58-38-20-23-41-63(58)79(54-35-17-6-18-36-54)68-45-56(46-70(81-69)72(68)74)77(51-29-11-3-12-30-51)52-31-13-4-14-32-52)47-59(65)73-57-37-19-22-40-62(57)78(53-33-15-5-16-34-53)66-43-55(44-67(80)71(66)73)76(49-25-7-1-8-26-49)50-27-9-2-10-28-50/h1-48H. The quantitative estimate of drug-likeness (QED) is 0.133. The molecular weight excluding hydrogens is 1010 g/mol. The third-order valence-electron chi connectivity index (χ3n) is 16.4. The Hall–Kier alpha value is -9.95. The Labute approximate surface area is 476 Å². The third-order valence-corrected chi connectivity index (χ3v) is 17.6. The minimum Gasteiger partial charge on any atom is -0.311 e. The fraction of sp³-hybridized carbons (Fsp3) is 0. The molecule has 16 rings (SSSR count). The van der Waals surface area contributed by atoms with Crippen LogP contribution in [0.5, 0.6) is 0 Å². The van der Waals surface area contributed by atoms with Crippen LogP contribution in [0.4, 0.5) is 89.7 Å². The molecule has 4 aliphatic rings. The Morgan fingerprint density at radius 3 is 1.14 bits per heavy atom. The number of nitrogens with zero attached hydrogens (tertiary/aromatic N) is 5. The molecule has 0 saturated heterocycles. The Morgan fingerprint density at radius 1 is 0.272 bits per heavy atom. The van der Waals surface area contributed by atoms with Crippen LogP contribution < -0.4 is 57.3 Å². The van der Waals surface area contributed by atoms with Crippen LogP contribution in [-0.2, 0) is 0 Å². The van der Waals surface area contributed by atoms with Gasteiger partial charge in [-0.05, 0) is 155 Å². The van der Waals surface area contributed by atoms with E-state index in [0.717, 1.165) is 95.4 Å². The van der Waals surface area contributed by atoms with Crippen LogP contribution in [0.15, 0.2) is 301 Å². The number of fused-ring (bicyclic) bond motifs is 8. The molecule has 0 spiro atoms. The Balaban J connectivity index is 0.990. The number of benzene rings is 12. The van der Waals surface area contributed by atoms with Crippen molar-refractivity contribution in [3.05, 3.63) is 297 Å². The maximum Gasteiger partial charge on any atom is 0.252 e. The molecule has 0 N–H and O–H groups in total. The second-order valence-corrected chi connectivity index (χ2v) is 22.0. The second-order valence-electron chi connectivity index (χ2n) is 21.0. The number of para-hydroxylation sites is 9. The highest BCUT2D eigenvalue weighted by molar-refractivity contribution is 8.00. The predicted molar refractivity (Wildman–Crippen MR) is 340 cm³/mol. The molecule has 4 heterocycles. The lowest BCUT2D eigenvalue weighted by Crippen LogP contribution is -2.64. The number of anilines is 15. The van der Waals surface area contributed by atoms with Gasteiger partial charge in [-0.2, -0.15) is 0 Å². The van der Waals surface area contributed by atoms with Crippen molar-refractivity contribution in [1.29, 1.82) is 0 Å². The summed E-state index contributed by atoms with van der Waals surface area (Å²) in [6.45, 7) is -0.345. The van der Waals surface area contributed by atoms with Crippen LogP contribution in [0.1, 0.15) is 0 Å². The first kappa shape index (κ1) is 47.1. The summed E-state index contributed by atoms with van der Waals surface area (Å²) in [6, 6.07) is 104. The average molecular weight is 1060 g/mol. The van der Waals surface area contributed by atoms with Gasteiger partial charge >= 0.3 is 0 Å². The number of hydrogen-bond donors (Lipinski definition) is 0. The smallest absolute Gasteiger partial charge is 0.252 e. The van der Waals surface area contributed by atoms with Crippen molar-refractivity contribution in [3.8, 4) is 0 Å². The van der Waals surface area contributed by atoms with Crippen molar-refractivity contribution >= 4 is 143 Å². The molecule has 0 fully saturated rings. The Kier molecular flexibility index (Phi) is 11.1. The molecule has 9 heteroatoms. The summed E-state index contributed by atoms with van der Waals surface area (Å²) in [5, 5.41) is 0.